The van der Waals surface area contributed by atoms with Crippen molar-refractivity contribution in [3.05, 3.63) is 29.8 Å². The molecule has 1 rings (SSSR count). The molecule has 0 aliphatic rings. The molecule has 0 amide bonds. The Morgan fingerprint density at radius 2 is 1.79 bits per heavy atom. The molecule has 1 aromatic rings. The highest BCUT2D eigenvalue weighted by Gasteiger charge is 2.06. The second-order valence-corrected chi connectivity index (χ2v) is 2.77. The van der Waals surface area contributed by atoms with Crippen molar-refractivity contribution in [2.45, 2.75) is 6.10 Å². The van der Waals surface area contributed by atoms with Crippen molar-refractivity contribution in [3.63, 3.8) is 0 Å². The van der Waals surface area contributed by atoms with Crippen molar-refractivity contribution in [2.24, 2.45) is 0 Å². The van der Waals surface area contributed by atoms with Gasteiger partial charge in [0.1, 0.15) is 11.9 Å². The van der Waals surface area contributed by atoms with Gasteiger partial charge in [-0.15, -0.1) is 6.42 Å². The number of aliphatic hydroxyl groups excluding tert-OH is 2. The van der Waals surface area contributed by atoms with E-state index in [4.69, 9.17) is 21.4 Å². The van der Waals surface area contributed by atoms with Gasteiger partial charge in [0.2, 0.25) is 0 Å². The molecule has 0 radical (unpaired) electrons. The molecule has 0 saturated heterocycles. The van der Waals surface area contributed by atoms with E-state index in [0.717, 1.165) is 5.56 Å². The molecular formula is C11H12O3. The van der Waals surface area contributed by atoms with Crippen LogP contribution in [0.25, 0.3) is 0 Å². The van der Waals surface area contributed by atoms with Crippen LogP contribution in [-0.4, -0.2) is 29.5 Å². The molecule has 1 aromatic carbocycles. The van der Waals surface area contributed by atoms with Gasteiger partial charge in [0.15, 0.2) is 0 Å². The molecule has 0 fully saturated rings. The minimum absolute atomic E-state index is 0.215. The molecule has 74 valence electrons. The molecule has 3 heteroatoms. The molecule has 0 spiro atoms. The number of ether oxygens (including phenoxy) is 1. The van der Waals surface area contributed by atoms with Gasteiger partial charge in [0.25, 0.3) is 0 Å². The topological polar surface area (TPSA) is 49.7 Å². The number of hydrogen-bond donors (Lipinski definition) is 2. The van der Waals surface area contributed by atoms with Crippen LogP contribution in [0.1, 0.15) is 5.56 Å². The zero-order valence-electron chi connectivity index (χ0n) is 7.68. The molecule has 0 aliphatic heterocycles. The van der Waals surface area contributed by atoms with Crippen molar-refractivity contribution in [3.8, 4) is 18.1 Å². The lowest BCUT2D eigenvalue weighted by Crippen LogP contribution is -2.25. The van der Waals surface area contributed by atoms with E-state index in [0.29, 0.717) is 5.75 Å². The minimum atomic E-state index is -0.577. The summed E-state index contributed by atoms with van der Waals surface area (Å²) in [6.07, 6.45) is 4.61. The van der Waals surface area contributed by atoms with Crippen LogP contribution >= 0.6 is 0 Å². The molecule has 14 heavy (non-hydrogen) atoms. The highest BCUT2D eigenvalue weighted by atomic mass is 16.5. The zero-order chi connectivity index (χ0) is 10.4. The van der Waals surface area contributed by atoms with E-state index < -0.39 is 6.10 Å². The van der Waals surface area contributed by atoms with Crippen molar-refractivity contribution >= 4 is 0 Å². The maximum atomic E-state index is 8.77. The van der Waals surface area contributed by atoms with E-state index in [1.54, 1.807) is 24.3 Å². The largest absolute Gasteiger partial charge is 0.486 e. The summed E-state index contributed by atoms with van der Waals surface area (Å²) >= 11 is 0. The standard InChI is InChI=1S/C11H12O3/c1-2-9-3-5-10(6-4-9)14-11(7-12)8-13/h1,3-6,11-13H,7-8H2. The summed E-state index contributed by atoms with van der Waals surface area (Å²) in [5, 5.41) is 17.5. The first-order valence-electron chi connectivity index (χ1n) is 4.25. The fourth-order valence-electron chi connectivity index (χ4n) is 0.954. The highest BCUT2D eigenvalue weighted by Crippen LogP contribution is 2.13. The average Bonchev–Trinajstić information content (AvgIpc) is 2.26. The smallest absolute Gasteiger partial charge is 0.145 e. The first-order valence-corrected chi connectivity index (χ1v) is 4.25. The Morgan fingerprint density at radius 1 is 1.21 bits per heavy atom. The maximum Gasteiger partial charge on any atom is 0.145 e. The Kier molecular flexibility index (Phi) is 3.99. The Balaban J connectivity index is 2.64. The van der Waals surface area contributed by atoms with Crippen LogP contribution in [0.3, 0.4) is 0 Å². The van der Waals surface area contributed by atoms with Crippen LogP contribution in [0.5, 0.6) is 5.75 Å². The van der Waals surface area contributed by atoms with Crippen LogP contribution in [0.15, 0.2) is 24.3 Å². The number of benzene rings is 1. The summed E-state index contributed by atoms with van der Waals surface area (Å²) in [6, 6.07) is 6.88. The van der Waals surface area contributed by atoms with E-state index in [2.05, 4.69) is 5.92 Å². The van der Waals surface area contributed by atoms with Crippen molar-refractivity contribution < 1.29 is 14.9 Å². The molecule has 0 bridgehead atoms. The lowest BCUT2D eigenvalue weighted by atomic mass is 10.2. The summed E-state index contributed by atoms with van der Waals surface area (Å²) in [5.74, 6) is 3.06. The van der Waals surface area contributed by atoms with Crippen LogP contribution < -0.4 is 4.74 Å². The molecule has 0 aromatic heterocycles. The van der Waals surface area contributed by atoms with E-state index >= 15 is 0 Å². The van der Waals surface area contributed by atoms with Gasteiger partial charge in [0, 0.05) is 5.56 Å². The third kappa shape index (κ3) is 2.77. The Morgan fingerprint density at radius 3 is 2.21 bits per heavy atom. The molecule has 0 heterocycles. The summed E-state index contributed by atoms with van der Waals surface area (Å²) in [5.41, 5.74) is 0.766. The highest BCUT2D eigenvalue weighted by molar-refractivity contribution is 5.36. The molecule has 0 saturated carbocycles. The van der Waals surface area contributed by atoms with E-state index in [-0.39, 0.29) is 13.2 Å². The van der Waals surface area contributed by atoms with E-state index in [9.17, 15) is 0 Å². The Bertz CT molecular complexity index is 306. The lowest BCUT2D eigenvalue weighted by Gasteiger charge is -2.13. The van der Waals surface area contributed by atoms with Crippen molar-refractivity contribution in [1.29, 1.82) is 0 Å². The normalized spacial score (nSPS) is 9.86. The third-order valence-corrected chi connectivity index (χ3v) is 1.73. The van der Waals surface area contributed by atoms with Crippen LogP contribution in [0.4, 0.5) is 0 Å². The predicted octanol–water partition coefficient (Wildman–Crippen LogP) is 0.400. The van der Waals surface area contributed by atoms with E-state index in [1.807, 2.05) is 0 Å². The van der Waals surface area contributed by atoms with Gasteiger partial charge in [-0.1, -0.05) is 5.92 Å². The number of rotatable bonds is 4. The van der Waals surface area contributed by atoms with Gasteiger partial charge in [-0.05, 0) is 24.3 Å². The van der Waals surface area contributed by atoms with Gasteiger partial charge < -0.3 is 14.9 Å². The van der Waals surface area contributed by atoms with Gasteiger partial charge in [-0.25, -0.2) is 0 Å². The summed E-state index contributed by atoms with van der Waals surface area (Å²) in [7, 11) is 0. The van der Waals surface area contributed by atoms with Gasteiger partial charge in [-0.2, -0.15) is 0 Å². The summed E-state index contributed by atoms with van der Waals surface area (Å²) < 4.78 is 5.24. The number of aliphatic hydroxyl groups is 2. The molecule has 3 nitrogen and oxygen atoms in total. The quantitative estimate of drug-likeness (QED) is 0.679. The first-order chi connectivity index (χ1) is 6.80. The summed E-state index contributed by atoms with van der Waals surface area (Å²) in [4.78, 5) is 0. The molecule has 0 atom stereocenters. The fourth-order valence-corrected chi connectivity index (χ4v) is 0.954. The second kappa shape index (κ2) is 5.28. The fraction of sp³-hybridized carbons (Fsp3) is 0.273. The second-order valence-electron chi connectivity index (χ2n) is 2.77. The third-order valence-electron chi connectivity index (χ3n) is 1.73. The van der Waals surface area contributed by atoms with E-state index in [1.165, 1.54) is 0 Å². The minimum Gasteiger partial charge on any atom is -0.486 e. The van der Waals surface area contributed by atoms with Gasteiger partial charge in [-0.3, -0.25) is 0 Å². The SMILES string of the molecule is C#Cc1ccc(OC(CO)CO)cc1. The Hall–Kier alpha value is -1.50. The molecular weight excluding hydrogens is 180 g/mol. The molecule has 0 unspecified atom stereocenters. The number of hydrogen-bond acceptors (Lipinski definition) is 3. The average molecular weight is 192 g/mol. The van der Waals surface area contributed by atoms with Crippen LogP contribution in [0.2, 0.25) is 0 Å². The molecule has 0 aliphatic carbocycles. The van der Waals surface area contributed by atoms with Gasteiger partial charge in [0.05, 0.1) is 13.2 Å². The van der Waals surface area contributed by atoms with Crippen molar-refractivity contribution in [1.82, 2.24) is 0 Å². The first kappa shape index (κ1) is 10.6. The number of terminal acetylenes is 1. The zero-order valence-corrected chi connectivity index (χ0v) is 7.68. The lowest BCUT2D eigenvalue weighted by molar-refractivity contribution is 0.0629. The Labute approximate surface area is 83.0 Å². The molecule has 2 N–H and O–H groups in total. The van der Waals surface area contributed by atoms with Crippen molar-refractivity contribution in [2.75, 3.05) is 13.2 Å². The monoisotopic (exact) mass is 192 g/mol. The maximum absolute atomic E-state index is 8.77. The summed E-state index contributed by atoms with van der Waals surface area (Å²) in [6.45, 7) is -0.430. The van der Waals surface area contributed by atoms with Crippen LogP contribution in [-0.2, 0) is 0 Å². The predicted molar refractivity (Wildman–Crippen MR) is 53.0 cm³/mol. The van der Waals surface area contributed by atoms with Crippen LogP contribution in [0, 0.1) is 12.3 Å². The van der Waals surface area contributed by atoms with Gasteiger partial charge >= 0.3 is 0 Å².